The molecule has 0 bridgehead atoms. The Morgan fingerprint density at radius 2 is 2.20 bits per heavy atom. The van der Waals surface area contributed by atoms with E-state index in [0.717, 1.165) is 17.3 Å². The van der Waals surface area contributed by atoms with Crippen molar-refractivity contribution in [3.8, 4) is 0 Å². The molecule has 2 atom stereocenters. The zero-order chi connectivity index (χ0) is 14.7. The zero-order valence-electron chi connectivity index (χ0n) is 10.5. The molecule has 0 spiro atoms. The summed E-state index contributed by atoms with van der Waals surface area (Å²) in [6.07, 6.45) is 2.22. The summed E-state index contributed by atoms with van der Waals surface area (Å²) in [6, 6.07) is 0. The molecule has 2 fully saturated rings. The number of nitrogens with zero attached hydrogens (tertiary/aromatic N) is 1. The summed E-state index contributed by atoms with van der Waals surface area (Å²) in [4.78, 5) is 22.0. The van der Waals surface area contributed by atoms with Crippen LogP contribution in [0, 0.1) is 15.5 Å². The summed E-state index contributed by atoms with van der Waals surface area (Å²) in [5, 5.41) is 20.6. The van der Waals surface area contributed by atoms with Crippen molar-refractivity contribution in [2.75, 3.05) is 11.0 Å². The average molecular weight is 415 g/mol. The molecule has 0 saturated carbocycles. The van der Waals surface area contributed by atoms with E-state index in [1.165, 1.54) is 0 Å². The van der Waals surface area contributed by atoms with Crippen molar-refractivity contribution in [1.82, 2.24) is 5.32 Å². The number of carbonyl (C=O) groups excluding carboxylic acids is 1. The van der Waals surface area contributed by atoms with Crippen molar-refractivity contribution in [2.45, 2.75) is 29.4 Å². The van der Waals surface area contributed by atoms with Crippen molar-refractivity contribution in [1.29, 1.82) is 5.41 Å². The Morgan fingerprint density at radius 1 is 1.50 bits per heavy atom. The van der Waals surface area contributed by atoms with E-state index in [1.54, 1.807) is 0 Å². The molecule has 0 aromatic rings. The molecule has 0 radical (unpaired) electrons. The summed E-state index contributed by atoms with van der Waals surface area (Å²) in [7, 11) is 0. The van der Waals surface area contributed by atoms with Crippen LogP contribution in [0.15, 0.2) is 10.6 Å². The van der Waals surface area contributed by atoms with E-state index in [1.807, 2.05) is 0 Å². The van der Waals surface area contributed by atoms with Crippen LogP contribution in [0.4, 0.5) is 0 Å². The molecule has 2 N–H and O–H groups in total. The van der Waals surface area contributed by atoms with Gasteiger partial charge in [-0.25, -0.2) is 0 Å². The number of halogens is 2. The summed E-state index contributed by atoms with van der Waals surface area (Å²) in [5.74, 6) is -1.35. The summed E-state index contributed by atoms with van der Waals surface area (Å²) in [5.41, 5.74) is 0.0813. The van der Waals surface area contributed by atoms with Crippen LogP contribution in [-0.4, -0.2) is 37.9 Å². The Labute approximate surface area is 131 Å². The second-order valence-electron chi connectivity index (χ2n) is 4.44. The first kappa shape index (κ1) is 15.6. The third kappa shape index (κ3) is 3.89. The van der Waals surface area contributed by atoms with Gasteiger partial charge in [0.15, 0.2) is 0 Å². The fourth-order valence-electron chi connectivity index (χ4n) is 1.87. The standard InChI is InChI=1S/C11H14ClIN3O4/c12-9(8(6-5-13-6)10(14)16(18)19)11(17)15-7-3-1-2-4-20-7/h6-7,14H,1-5H2,(H,15,17)/q-1/b9-8+,14-10?. The van der Waals surface area contributed by atoms with Gasteiger partial charge < -0.3 is 0 Å². The third-order valence-corrected chi connectivity index (χ3v) is 5.73. The van der Waals surface area contributed by atoms with Crippen molar-refractivity contribution < 1.29 is 35.7 Å². The number of carbonyl (C=O) groups is 1. The van der Waals surface area contributed by atoms with Crippen LogP contribution in [0.2, 0.25) is 0 Å². The summed E-state index contributed by atoms with van der Waals surface area (Å²) in [6.45, 7) is 0.581. The second kappa shape index (κ2) is 6.81. The van der Waals surface area contributed by atoms with Crippen LogP contribution in [0.3, 0.4) is 0 Å². The van der Waals surface area contributed by atoms with E-state index < -0.39 is 22.9 Å². The van der Waals surface area contributed by atoms with Crippen LogP contribution < -0.4 is 26.5 Å². The molecular weight excluding hydrogens is 400 g/mol. The predicted molar refractivity (Wildman–Crippen MR) is 68.0 cm³/mol. The van der Waals surface area contributed by atoms with Gasteiger partial charge in [-0.05, 0) is 0 Å². The van der Waals surface area contributed by atoms with Gasteiger partial charge in [0.2, 0.25) is 0 Å². The topological polar surface area (TPSA) is 105 Å². The predicted octanol–water partition coefficient (Wildman–Crippen LogP) is -2.15. The van der Waals surface area contributed by atoms with Crippen LogP contribution in [0.25, 0.3) is 0 Å². The van der Waals surface area contributed by atoms with Gasteiger partial charge in [0.05, 0.1) is 0 Å². The molecule has 0 aromatic heterocycles. The fourth-order valence-corrected chi connectivity index (χ4v) is 4.07. The van der Waals surface area contributed by atoms with E-state index in [4.69, 9.17) is 21.7 Å². The first-order chi connectivity index (χ1) is 9.50. The third-order valence-electron chi connectivity index (χ3n) is 2.97. The van der Waals surface area contributed by atoms with Crippen LogP contribution in [0.1, 0.15) is 19.3 Å². The number of hydrogen-bond donors (Lipinski definition) is 2. The van der Waals surface area contributed by atoms with Crippen molar-refractivity contribution >= 4 is 23.3 Å². The molecule has 112 valence electrons. The number of alkyl halides is 2. The van der Waals surface area contributed by atoms with E-state index in [9.17, 15) is 14.9 Å². The summed E-state index contributed by atoms with van der Waals surface area (Å²) >= 11 is 5.77. The fraction of sp³-hybridized carbons (Fsp3) is 0.636. The second-order valence-corrected chi connectivity index (χ2v) is 8.08. The normalized spacial score (nSPS) is 26.9. The monoisotopic (exact) mass is 414 g/mol. The van der Waals surface area contributed by atoms with Crippen LogP contribution in [0.5, 0.6) is 0 Å². The molecule has 0 aliphatic carbocycles. The molecule has 7 nitrogen and oxygen atoms in total. The van der Waals surface area contributed by atoms with E-state index >= 15 is 0 Å². The molecule has 2 aliphatic rings. The number of amidine groups is 1. The molecule has 2 aliphatic heterocycles. The number of amides is 1. The first-order valence-electron chi connectivity index (χ1n) is 6.14. The maximum absolute atomic E-state index is 12.0. The van der Waals surface area contributed by atoms with Crippen molar-refractivity contribution in [2.24, 2.45) is 0 Å². The van der Waals surface area contributed by atoms with E-state index in [-0.39, 0.29) is 35.7 Å². The minimum atomic E-state index is -0.801. The van der Waals surface area contributed by atoms with Gasteiger partial charge in [-0.15, -0.1) is 0 Å². The molecule has 2 rings (SSSR count). The molecule has 2 heterocycles. The number of rotatable bonds is 4. The Hall–Kier alpha value is -0.740. The van der Waals surface area contributed by atoms with E-state index in [2.05, 4.69) is 5.32 Å². The van der Waals surface area contributed by atoms with Gasteiger partial charge in [0, 0.05) is 0 Å². The van der Waals surface area contributed by atoms with Gasteiger partial charge in [-0.1, -0.05) is 0 Å². The quantitative estimate of drug-likeness (QED) is 0.104. The van der Waals surface area contributed by atoms with Gasteiger partial charge in [0.1, 0.15) is 0 Å². The maximum atomic E-state index is 12.0. The van der Waals surface area contributed by atoms with Gasteiger partial charge >= 0.3 is 131 Å². The summed E-state index contributed by atoms with van der Waals surface area (Å²) < 4.78 is 6.15. The molecule has 1 amide bonds. The van der Waals surface area contributed by atoms with Crippen molar-refractivity contribution in [3.05, 3.63) is 20.7 Å². The average Bonchev–Trinajstić information content (AvgIpc) is 3.24. The molecule has 9 heteroatoms. The molecule has 2 saturated heterocycles. The van der Waals surface area contributed by atoms with E-state index in [0.29, 0.717) is 13.0 Å². The Balaban J connectivity index is 2.10. The first-order valence-corrected chi connectivity index (χ1v) is 9.28. The number of nitrogens with one attached hydrogen (secondary N) is 2. The van der Waals surface area contributed by atoms with Crippen LogP contribution >= 0.6 is 11.6 Å². The van der Waals surface area contributed by atoms with Gasteiger partial charge in [-0.2, -0.15) is 0 Å². The minimum absolute atomic E-state index is 0.0442. The Bertz CT molecular complexity index is 472. The SMILES string of the molecule is N=C(/C(=C(/Cl)C(=O)NC1CCCCO1)C1C[I-]1)[N+](=O)[O-]. The number of hydrogen-bond acceptors (Lipinski definition) is 5. The molecule has 2 unspecified atom stereocenters. The Morgan fingerprint density at radius 3 is 2.70 bits per heavy atom. The molecular formula is C11H14ClIN3O4-. The van der Waals surface area contributed by atoms with Crippen molar-refractivity contribution in [3.63, 3.8) is 0 Å². The Kier molecular flexibility index (Phi) is 5.33. The number of nitro groups is 1. The number of ether oxygens (including phenoxy) is 1. The molecule has 0 aromatic carbocycles. The zero-order valence-corrected chi connectivity index (χ0v) is 13.4. The van der Waals surface area contributed by atoms with Gasteiger partial charge in [0.25, 0.3) is 0 Å². The van der Waals surface area contributed by atoms with Gasteiger partial charge in [-0.3, -0.25) is 0 Å². The van der Waals surface area contributed by atoms with Crippen LogP contribution in [-0.2, 0) is 9.53 Å². The molecule has 20 heavy (non-hydrogen) atoms.